The lowest BCUT2D eigenvalue weighted by molar-refractivity contribution is 0.506. The maximum atomic E-state index is 4.72. The van der Waals surface area contributed by atoms with Crippen molar-refractivity contribution in [1.82, 2.24) is 9.55 Å². The van der Waals surface area contributed by atoms with Crippen molar-refractivity contribution in [2.24, 2.45) is 5.92 Å². The minimum atomic E-state index is 0.553. The standard InChI is InChI=1S/C16H30N2/c1-7-9-10-18-11-17-15(14(6)12(3)4)16(18)13(5)8-2/h11-14H,7-10H2,1-6H3. The molecule has 0 radical (unpaired) electrons. The summed E-state index contributed by atoms with van der Waals surface area (Å²) in [5.41, 5.74) is 2.81. The summed E-state index contributed by atoms with van der Waals surface area (Å²) in [5.74, 6) is 1.82. The Hall–Kier alpha value is -0.790. The second kappa shape index (κ2) is 6.96. The molecule has 1 heterocycles. The monoisotopic (exact) mass is 250 g/mol. The second-order valence-electron chi connectivity index (χ2n) is 5.90. The van der Waals surface area contributed by atoms with Crippen LogP contribution in [0.15, 0.2) is 6.33 Å². The molecular formula is C16H30N2. The average Bonchev–Trinajstić information content (AvgIpc) is 2.77. The summed E-state index contributed by atoms with van der Waals surface area (Å²) in [4.78, 5) is 4.72. The maximum Gasteiger partial charge on any atom is 0.0951 e. The molecule has 0 aliphatic rings. The Bertz CT molecular complexity index is 352. The fourth-order valence-electron chi connectivity index (χ4n) is 2.31. The molecule has 1 aromatic heterocycles. The highest BCUT2D eigenvalue weighted by Gasteiger charge is 2.22. The third-order valence-corrected chi connectivity index (χ3v) is 4.17. The first-order chi connectivity index (χ1) is 8.52. The van der Waals surface area contributed by atoms with Crippen LogP contribution in [0, 0.1) is 5.92 Å². The lowest BCUT2D eigenvalue weighted by atomic mass is 9.89. The SMILES string of the molecule is CCCCn1cnc(C(C)C(C)C)c1C(C)CC. The van der Waals surface area contributed by atoms with Gasteiger partial charge in [-0.15, -0.1) is 0 Å². The Morgan fingerprint density at radius 3 is 2.33 bits per heavy atom. The highest BCUT2D eigenvalue weighted by Crippen LogP contribution is 2.31. The Morgan fingerprint density at radius 1 is 1.17 bits per heavy atom. The Morgan fingerprint density at radius 2 is 1.83 bits per heavy atom. The predicted octanol–water partition coefficient (Wildman–Crippen LogP) is 4.96. The van der Waals surface area contributed by atoms with Crippen LogP contribution in [0.5, 0.6) is 0 Å². The Balaban J connectivity index is 3.06. The molecule has 0 saturated heterocycles. The summed E-state index contributed by atoms with van der Waals surface area (Å²) >= 11 is 0. The molecule has 0 fully saturated rings. The Labute approximate surface area is 113 Å². The number of imidazole rings is 1. The summed E-state index contributed by atoms with van der Waals surface area (Å²) in [5, 5.41) is 0. The van der Waals surface area contributed by atoms with Crippen LogP contribution >= 0.6 is 0 Å². The van der Waals surface area contributed by atoms with E-state index in [-0.39, 0.29) is 0 Å². The van der Waals surface area contributed by atoms with Gasteiger partial charge in [0.05, 0.1) is 12.0 Å². The van der Waals surface area contributed by atoms with Crippen molar-refractivity contribution in [3.05, 3.63) is 17.7 Å². The topological polar surface area (TPSA) is 17.8 Å². The number of nitrogens with zero attached hydrogens (tertiary/aromatic N) is 2. The second-order valence-corrected chi connectivity index (χ2v) is 5.90. The van der Waals surface area contributed by atoms with E-state index in [9.17, 15) is 0 Å². The van der Waals surface area contributed by atoms with Crippen molar-refractivity contribution < 1.29 is 0 Å². The van der Waals surface area contributed by atoms with Gasteiger partial charge in [0.1, 0.15) is 0 Å². The molecule has 0 amide bonds. The summed E-state index contributed by atoms with van der Waals surface area (Å²) in [6.45, 7) is 14.8. The third kappa shape index (κ3) is 3.37. The summed E-state index contributed by atoms with van der Waals surface area (Å²) in [7, 11) is 0. The van der Waals surface area contributed by atoms with Crippen LogP contribution < -0.4 is 0 Å². The predicted molar refractivity (Wildman–Crippen MR) is 79.1 cm³/mol. The fraction of sp³-hybridized carbons (Fsp3) is 0.812. The van der Waals surface area contributed by atoms with E-state index in [0.717, 1.165) is 6.54 Å². The quantitative estimate of drug-likeness (QED) is 0.669. The number of hydrogen-bond donors (Lipinski definition) is 0. The molecule has 0 aliphatic carbocycles. The molecule has 0 saturated carbocycles. The minimum Gasteiger partial charge on any atom is -0.334 e. The van der Waals surface area contributed by atoms with Gasteiger partial charge in [0.15, 0.2) is 0 Å². The fourth-order valence-corrected chi connectivity index (χ4v) is 2.31. The van der Waals surface area contributed by atoms with Gasteiger partial charge >= 0.3 is 0 Å². The Kier molecular flexibility index (Phi) is 5.90. The van der Waals surface area contributed by atoms with E-state index >= 15 is 0 Å². The zero-order valence-corrected chi connectivity index (χ0v) is 13.0. The molecule has 2 atom stereocenters. The first-order valence-corrected chi connectivity index (χ1v) is 7.57. The van der Waals surface area contributed by atoms with Crippen molar-refractivity contribution >= 4 is 0 Å². The van der Waals surface area contributed by atoms with Gasteiger partial charge in [-0.05, 0) is 24.7 Å². The largest absolute Gasteiger partial charge is 0.334 e. The van der Waals surface area contributed by atoms with Gasteiger partial charge in [0.2, 0.25) is 0 Å². The molecule has 0 aliphatic heterocycles. The lowest BCUT2D eigenvalue weighted by Gasteiger charge is -2.20. The number of rotatable bonds is 7. The van der Waals surface area contributed by atoms with Gasteiger partial charge in [-0.25, -0.2) is 4.98 Å². The molecule has 2 nitrogen and oxygen atoms in total. The van der Waals surface area contributed by atoms with Crippen LogP contribution in [-0.2, 0) is 6.54 Å². The van der Waals surface area contributed by atoms with Crippen LogP contribution in [0.2, 0.25) is 0 Å². The lowest BCUT2D eigenvalue weighted by Crippen LogP contribution is -2.11. The van der Waals surface area contributed by atoms with Gasteiger partial charge in [-0.2, -0.15) is 0 Å². The van der Waals surface area contributed by atoms with Crippen molar-refractivity contribution in [2.45, 2.75) is 79.2 Å². The van der Waals surface area contributed by atoms with Crippen molar-refractivity contribution in [3.8, 4) is 0 Å². The zero-order valence-electron chi connectivity index (χ0n) is 13.0. The maximum absolute atomic E-state index is 4.72. The van der Waals surface area contributed by atoms with Gasteiger partial charge in [0, 0.05) is 18.2 Å². The molecule has 1 aromatic rings. The molecule has 0 N–H and O–H groups in total. The van der Waals surface area contributed by atoms with Crippen LogP contribution in [0.3, 0.4) is 0 Å². The van der Waals surface area contributed by atoms with Crippen molar-refractivity contribution in [1.29, 1.82) is 0 Å². The van der Waals surface area contributed by atoms with E-state index in [1.54, 1.807) is 0 Å². The van der Waals surface area contributed by atoms with Crippen LogP contribution in [0.25, 0.3) is 0 Å². The van der Waals surface area contributed by atoms with E-state index < -0.39 is 0 Å². The molecule has 1 rings (SSSR count). The van der Waals surface area contributed by atoms with E-state index in [2.05, 4.69) is 52.4 Å². The third-order valence-electron chi connectivity index (χ3n) is 4.17. The van der Waals surface area contributed by atoms with Gasteiger partial charge in [0.25, 0.3) is 0 Å². The van der Waals surface area contributed by atoms with E-state index in [4.69, 9.17) is 4.98 Å². The number of hydrogen-bond acceptors (Lipinski definition) is 1. The van der Waals surface area contributed by atoms with E-state index in [1.165, 1.54) is 30.7 Å². The molecule has 18 heavy (non-hydrogen) atoms. The number of aromatic nitrogens is 2. The summed E-state index contributed by atoms with van der Waals surface area (Å²) in [6, 6.07) is 0. The molecule has 104 valence electrons. The van der Waals surface area contributed by atoms with E-state index in [0.29, 0.717) is 17.8 Å². The first-order valence-electron chi connectivity index (χ1n) is 7.57. The molecule has 0 spiro atoms. The number of unbranched alkanes of at least 4 members (excludes halogenated alkanes) is 1. The highest BCUT2D eigenvalue weighted by molar-refractivity contribution is 5.21. The summed E-state index contributed by atoms with van der Waals surface area (Å²) in [6.07, 6.45) is 5.74. The van der Waals surface area contributed by atoms with Gasteiger partial charge < -0.3 is 4.57 Å². The molecule has 0 bridgehead atoms. The average molecular weight is 250 g/mol. The smallest absolute Gasteiger partial charge is 0.0951 e. The minimum absolute atomic E-state index is 0.553. The van der Waals surface area contributed by atoms with Crippen molar-refractivity contribution in [2.75, 3.05) is 0 Å². The zero-order chi connectivity index (χ0) is 13.7. The van der Waals surface area contributed by atoms with Crippen molar-refractivity contribution in [3.63, 3.8) is 0 Å². The molecule has 0 aromatic carbocycles. The van der Waals surface area contributed by atoms with Gasteiger partial charge in [-0.3, -0.25) is 0 Å². The molecule has 2 unspecified atom stereocenters. The summed E-state index contributed by atoms with van der Waals surface area (Å²) < 4.78 is 2.39. The van der Waals surface area contributed by atoms with Crippen LogP contribution in [0.1, 0.15) is 84.0 Å². The van der Waals surface area contributed by atoms with E-state index in [1.807, 2.05) is 0 Å². The first kappa shape index (κ1) is 15.3. The van der Waals surface area contributed by atoms with Gasteiger partial charge in [-0.1, -0.05) is 48.0 Å². The normalized spacial score (nSPS) is 15.1. The van der Waals surface area contributed by atoms with Crippen LogP contribution in [-0.4, -0.2) is 9.55 Å². The number of aryl methyl sites for hydroxylation is 1. The molecule has 2 heteroatoms. The highest BCUT2D eigenvalue weighted by atomic mass is 15.1. The van der Waals surface area contributed by atoms with Crippen LogP contribution in [0.4, 0.5) is 0 Å². The molecular weight excluding hydrogens is 220 g/mol.